The highest BCUT2D eigenvalue weighted by atomic mass is 16.3. The van der Waals surface area contributed by atoms with Gasteiger partial charge in [0.15, 0.2) is 5.78 Å². The van der Waals surface area contributed by atoms with E-state index < -0.39 is 0 Å². The summed E-state index contributed by atoms with van der Waals surface area (Å²) < 4.78 is 0. The number of benzene rings is 3. The van der Waals surface area contributed by atoms with Crippen LogP contribution in [0, 0.1) is 0 Å². The van der Waals surface area contributed by atoms with Gasteiger partial charge in [-0.05, 0) is 34.4 Å². The lowest BCUT2D eigenvalue weighted by atomic mass is 9.97. The number of fused-ring (bicyclic) bond motifs is 1. The van der Waals surface area contributed by atoms with E-state index in [1.165, 1.54) is 6.07 Å². The van der Waals surface area contributed by atoms with Crippen LogP contribution in [0.4, 0.5) is 0 Å². The van der Waals surface area contributed by atoms with Crippen LogP contribution in [0.15, 0.2) is 54.6 Å². The van der Waals surface area contributed by atoms with Gasteiger partial charge < -0.3 is 10.2 Å². The SMILES string of the molecule is CCc1cc(C(=O)Cc2ccc3ccccc3c2)c(O)cc1O. The molecule has 0 spiro atoms. The van der Waals surface area contributed by atoms with Crippen molar-refractivity contribution in [2.45, 2.75) is 19.8 Å². The van der Waals surface area contributed by atoms with Gasteiger partial charge in [-0.3, -0.25) is 4.79 Å². The van der Waals surface area contributed by atoms with Gasteiger partial charge in [0.25, 0.3) is 0 Å². The van der Waals surface area contributed by atoms with Crippen LogP contribution in [-0.4, -0.2) is 16.0 Å². The molecule has 3 aromatic carbocycles. The number of Topliss-reactive ketones (excluding diaryl/α,β-unsaturated/α-hetero) is 1. The Kier molecular flexibility index (Phi) is 4.02. The van der Waals surface area contributed by atoms with Crippen molar-refractivity contribution in [1.29, 1.82) is 0 Å². The average Bonchev–Trinajstić information content (AvgIpc) is 2.54. The molecule has 0 aliphatic carbocycles. The minimum Gasteiger partial charge on any atom is -0.508 e. The number of rotatable bonds is 4. The van der Waals surface area contributed by atoms with Crippen LogP contribution < -0.4 is 0 Å². The zero-order valence-electron chi connectivity index (χ0n) is 12.9. The van der Waals surface area contributed by atoms with E-state index >= 15 is 0 Å². The summed E-state index contributed by atoms with van der Waals surface area (Å²) in [5.41, 5.74) is 1.82. The molecule has 3 aromatic rings. The number of hydrogen-bond donors (Lipinski definition) is 2. The van der Waals surface area contributed by atoms with Crippen LogP contribution in [0.1, 0.15) is 28.4 Å². The average molecular weight is 306 g/mol. The highest BCUT2D eigenvalue weighted by Gasteiger charge is 2.15. The molecule has 23 heavy (non-hydrogen) atoms. The van der Waals surface area contributed by atoms with Gasteiger partial charge in [0.2, 0.25) is 0 Å². The summed E-state index contributed by atoms with van der Waals surface area (Å²) in [6.45, 7) is 1.89. The van der Waals surface area contributed by atoms with Crippen molar-refractivity contribution in [2.24, 2.45) is 0 Å². The molecule has 0 bridgehead atoms. The van der Waals surface area contributed by atoms with Crippen LogP contribution in [-0.2, 0) is 12.8 Å². The van der Waals surface area contributed by atoms with Crippen LogP contribution in [0.25, 0.3) is 10.8 Å². The quantitative estimate of drug-likeness (QED) is 0.709. The van der Waals surface area contributed by atoms with Crippen molar-refractivity contribution in [2.75, 3.05) is 0 Å². The minimum atomic E-state index is -0.175. The molecule has 2 N–H and O–H groups in total. The maximum atomic E-state index is 12.5. The van der Waals surface area contributed by atoms with Crippen LogP contribution in [0.5, 0.6) is 11.5 Å². The zero-order chi connectivity index (χ0) is 16.4. The number of carbonyl (C=O) groups excluding carboxylic acids is 1. The Morgan fingerprint density at radius 2 is 1.65 bits per heavy atom. The van der Waals surface area contributed by atoms with Crippen molar-refractivity contribution in [1.82, 2.24) is 0 Å². The molecule has 0 aliphatic rings. The summed E-state index contributed by atoms with van der Waals surface area (Å²) in [4.78, 5) is 12.5. The predicted octanol–water partition coefficient (Wildman–Crippen LogP) is 4.24. The van der Waals surface area contributed by atoms with E-state index in [1.54, 1.807) is 6.07 Å². The molecule has 0 unspecified atom stereocenters. The molecule has 0 amide bonds. The van der Waals surface area contributed by atoms with Crippen molar-refractivity contribution in [3.8, 4) is 11.5 Å². The molecular formula is C20H18O3. The van der Waals surface area contributed by atoms with Gasteiger partial charge in [-0.25, -0.2) is 0 Å². The van der Waals surface area contributed by atoms with Crippen molar-refractivity contribution in [3.63, 3.8) is 0 Å². The standard InChI is InChI=1S/C20H18O3/c1-2-14-11-17(20(23)12-18(14)21)19(22)10-13-7-8-15-5-3-4-6-16(15)9-13/h3-9,11-12,21,23H,2,10H2,1H3. The first-order valence-corrected chi connectivity index (χ1v) is 7.64. The summed E-state index contributed by atoms with van der Waals surface area (Å²) in [7, 11) is 0. The molecule has 0 aliphatic heterocycles. The molecule has 3 rings (SSSR count). The Balaban J connectivity index is 1.91. The molecule has 116 valence electrons. The third kappa shape index (κ3) is 3.04. The van der Waals surface area contributed by atoms with Gasteiger partial charge in [0.1, 0.15) is 11.5 Å². The van der Waals surface area contributed by atoms with Gasteiger partial charge in [-0.1, -0.05) is 49.4 Å². The molecule has 0 atom stereocenters. The number of aryl methyl sites for hydroxylation is 1. The number of ketones is 1. The third-order valence-electron chi connectivity index (χ3n) is 4.06. The fraction of sp³-hybridized carbons (Fsp3) is 0.150. The second-order valence-electron chi connectivity index (χ2n) is 5.63. The Morgan fingerprint density at radius 1 is 0.913 bits per heavy atom. The summed E-state index contributed by atoms with van der Waals surface area (Å²) in [5, 5.41) is 21.9. The van der Waals surface area contributed by atoms with E-state index in [9.17, 15) is 15.0 Å². The largest absolute Gasteiger partial charge is 0.508 e. The minimum absolute atomic E-state index is 0.0206. The van der Waals surface area contributed by atoms with Gasteiger partial charge in [0, 0.05) is 12.5 Å². The summed E-state index contributed by atoms with van der Waals surface area (Å²) in [6, 6.07) is 16.7. The number of carbonyl (C=O) groups is 1. The second-order valence-corrected chi connectivity index (χ2v) is 5.63. The summed E-state index contributed by atoms with van der Waals surface area (Å²) in [6.07, 6.45) is 0.814. The Bertz CT molecular complexity index is 881. The van der Waals surface area contributed by atoms with Crippen LogP contribution in [0.3, 0.4) is 0 Å². The lowest BCUT2D eigenvalue weighted by Crippen LogP contribution is -2.05. The molecule has 3 heteroatoms. The second kappa shape index (κ2) is 6.13. The molecule has 0 radical (unpaired) electrons. The van der Waals surface area contributed by atoms with E-state index in [2.05, 4.69) is 0 Å². The van der Waals surface area contributed by atoms with E-state index in [0.29, 0.717) is 12.0 Å². The highest BCUT2D eigenvalue weighted by molar-refractivity contribution is 6.00. The molecular weight excluding hydrogens is 288 g/mol. The topological polar surface area (TPSA) is 57.5 Å². The van der Waals surface area contributed by atoms with Crippen LogP contribution >= 0.6 is 0 Å². The van der Waals surface area contributed by atoms with E-state index in [-0.39, 0.29) is 29.3 Å². The van der Waals surface area contributed by atoms with Crippen LogP contribution in [0.2, 0.25) is 0 Å². The fourth-order valence-electron chi connectivity index (χ4n) is 2.76. The normalized spacial score (nSPS) is 10.8. The van der Waals surface area contributed by atoms with Gasteiger partial charge >= 0.3 is 0 Å². The number of phenolic OH excluding ortho intramolecular Hbond substituents is 2. The lowest BCUT2D eigenvalue weighted by Gasteiger charge is -2.09. The summed E-state index contributed by atoms with van der Waals surface area (Å²) in [5.74, 6) is -0.315. The first kappa shape index (κ1) is 15.1. The molecule has 0 saturated carbocycles. The van der Waals surface area contributed by atoms with Gasteiger partial charge in [-0.2, -0.15) is 0 Å². The zero-order valence-corrected chi connectivity index (χ0v) is 12.9. The number of aromatic hydroxyl groups is 2. The van der Waals surface area contributed by atoms with Crippen molar-refractivity contribution in [3.05, 3.63) is 71.3 Å². The molecule has 3 nitrogen and oxygen atoms in total. The molecule has 0 aromatic heterocycles. The molecule has 0 heterocycles. The van der Waals surface area contributed by atoms with Crippen molar-refractivity contribution < 1.29 is 15.0 Å². The Morgan fingerprint density at radius 3 is 2.39 bits per heavy atom. The first-order chi connectivity index (χ1) is 11.1. The smallest absolute Gasteiger partial charge is 0.170 e. The molecule has 0 saturated heterocycles. The number of hydrogen-bond acceptors (Lipinski definition) is 3. The number of phenols is 2. The van der Waals surface area contributed by atoms with E-state index in [1.807, 2.05) is 49.4 Å². The van der Waals surface area contributed by atoms with Gasteiger partial charge in [0.05, 0.1) is 5.56 Å². The maximum Gasteiger partial charge on any atom is 0.170 e. The fourth-order valence-corrected chi connectivity index (χ4v) is 2.76. The Labute approximate surface area is 134 Å². The monoisotopic (exact) mass is 306 g/mol. The lowest BCUT2D eigenvalue weighted by molar-refractivity contribution is 0.0990. The van der Waals surface area contributed by atoms with E-state index in [4.69, 9.17) is 0 Å². The third-order valence-corrected chi connectivity index (χ3v) is 4.06. The van der Waals surface area contributed by atoms with E-state index in [0.717, 1.165) is 16.3 Å². The van der Waals surface area contributed by atoms with Crippen molar-refractivity contribution >= 4 is 16.6 Å². The van der Waals surface area contributed by atoms with Gasteiger partial charge in [-0.15, -0.1) is 0 Å². The Hall–Kier alpha value is -2.81. The highest BCUT2D eigenvalue weighted by Crippen LogP contribution is 2.29. The predicted molar refractivity (Wildman–Crippen MR) is 91.1 cm³/mol. The summed E-state index contributed by atoms with van der Waals surface area (Å²) >= 11 is 0. The molecule has 0 fully saturated rings. The maximum absolute atomic E-state index is 12.5. The first-order valence-electron chi connectivity index (χ1n) is 7.64.